The number of carbonyl (C=O) groups is 1. The number of rotatable bonds is 7. The van der Waals surface area contributed by atoms with Crippen molar-refractivity contribution in [1.29, 1.82) is 0 Å². The molecule has 0 radical (unpaired) electrons. The summed E-state index contributed by atoms with van der Waals surface area (Å²) in [6.07, 6.45) is 1.75. The molecular formula is C30H38N2O6S. The Kier molecular flexibility index (Phi) is 6.28. The quantitative estimate of drug-likeness (QED) is 0.523. The Morgan fingerprint density at radius 3 is 2.64 bits per heavy atom. The maximum atomic E-state index is 14.1. The van der Waals surface area contributed by atoms with Gasteiger partial charge in [0.25, 0.3) is 0 Å². The summed E-state index contributed by atoms with van der Waals surface area (Å²) in [5.41, 5.74) is 1.10. The number of benzene rings is 2. The van der Waals surface area contributed by atoms with E-state index in [9.17, 15) is 18.3 Å². The number of esters is 1. The van der Waals surface area contributed by atoms with Gasteiger partial charge in [-0.25, -0.2) is 8.42 Å². The van der Waals surface area contributed by atoms with Gasteiger partial charge in [-0.05, 0) is 62.4 Å². The van der Waals surface area contributed by atoms with Crippen LogP contribution in [0.5, 0.6) is 11.5 Å². The molecule has 5 atom stereocenters. The van der Waals surface area contributed by atoms with Crippen molar-refractivity contribution in [2.45, 2.75) is 81.4 Å². The number of carbonyl (C=O) groups excluding carboxylic acids is 1. The maximum absolute atomic E-state index is 14.1. The Morgan fingerprint density at radius 1 is 1.21 bits per heavy atom. The fourth-order valence-corrected chi connectivity index (χ4v) is 10.1. The van der Waals surface area contributed by atoms with Crippen molar-refractivity contribution in [3.8, 4) is 11.5 Å². The average molecular weight is 555 g/mol. The molecule has 1 saturated heterocycles. The summed E-state index contributed by atoms with van der Waals surface area (Å²) in [6.45, 7) is 6.61. The zero-order valence-corrected chi connectivity index (χ0v) is 23.9. The van der Waals surface area contributed by atoms with Crippen molar-refractivity contribution in [2.24, 2.45) is 5.92 Å². The number of hydrogen-bond acceptors (Lipinski definition) is 7. The van der Waals surface area contributed by atoms with Gasteiger partial charge in [-0.3, -0.25) is 9.69 Å². The lowest BCUT2D eigenvalue weighted by molar-refractivity contribution is -0.219. The van der Waals surface area contributed by atoms with Crippen LogP contribution in [-0.4, -0.2) is 72.6 Å². The molecule has 39 heavy (non-hydrogen) atoms. The maximum Gasteiger partial charge on any atom is 0.303 e. The Hall–Kier alpha value is -2.62. The topological polar surface area (TPSA) is 96.4 Å². The molecule has 2 fully saturated rings. The van der Waals surface area contributed by atoms with Gasteiger partial charge in [0.05, 0.1) is 23.3 Å². The average Bonchev–Trinajstić information content (AvgIpc) is 3.22. The van der Waals surface area contributed by atoms with Gasteiger partial charge in [0.15, 0.2) is 11.5 Å². The Balaban J connectivity index is 1.52. The van der Waals surface area contributed by atoms with Crippen LogP contribution in [0, 0.1) is 5.92 Å². The van der Waals surface area contributed by atoms with Crippen molar-refractivity contribution < 1.29 is 27.8 Å². The normalized spacial score (nSPS) is 31.2. The van der Waals surface area contributed by atoms with Crippen LogP contribution in [0.2, 0.25) is 0 Å². The monoisotopic (exact) mass is 554 g/mol. The molecule has 2 aromatic carbocycles. The third-order valence-electron chi connectivity index (χ3n) is 9.45. The number of likely N-dealkylation sites (tertiary alicyclic amines) is 1. The summed E-state index contributed by atoms with van der Waals surface area (Å²) < 4.78 is 43.0. The Labute approximate surface area is 230 Å². The van der Waals surface area contributed by atoms with E-state index < -0.39 is 33.2 Å². The summed E-state index contributed by atoms with van der Waals surface area (Å²) in [5.74, 6) is 0.125. The van der Waals surface area contributed by atoms with Crippen LogP contribution >= 0.6 is 0 Å². The van der Waals surface area contributed by atoms with E-state index in [-0.39, 0.29) is 29.4 Å². The largest absolute Gasteiger partial charge is 0.504 e. The Bertz CT molecular complexity index is 1400. The van der Waals surface area contributed by atoms with Gasteiger partial charge in [-0.1, -0.05) is 50.2 Å². The lowest BCUT2D eigenvalue weighted by Crippen LogP contribution is -2.79. The van der Waals surface area contributed by atoms with Crippen molar-refractivity contribution in [2.75, 3.05) is 20.1 Å². The third-order valence-corrected chi connectivity index (χ3v) is 11.3. The summed E-state index contributed by atoms with van der Waals surface area (Å²) >= 11 is 0. The predicted octanol–water partition coefficient (Wildman–Crippen LogP) is 3.60. The highest BCUT2D eigenvalue weighted by molar-refractivity contribution is 7.88. The number of aromatic hydroxyl groups is 1. The molecule has 0 aromatic heterocycles. The van der Waals surface area contributed by atoms with E-state index in [1.165, 1.54) is 6.92 Å². The number of ether oxygens (including phenoxy) is 2. The predicted molar refractivity (Wildman–Crippen MR) is 147 cm³/mol. The van der Waals surface area contributed by atoms with Crippen molar-refractivity contribution >= 4 is 16.0 Å². The van der Waals surface area contributed by atoms with Crippen molar-refractivity contribution in [1.82, 2.24) is 9.21 Å². The van der Waals surface area contributed by atoms with E-state index in [1.807, 2.05) is 50.2 Å². The van der Waals surface area contributed by atoms with Gasteiger partial charge in [0, 0.05) is 19.0 Å². The van der Waals surface area contributed by atoms with Crippen LogP contribution in [0.25, 0.3) is 0 Å². The molecule has 1 N–H and O–H groups in total. The van der Waals surface area contributed by atoms with Crippen LogP contribution in [0.4, 0.5) is 0 Å². The van der Waals surface area contributed by atoms with Gasteiger partial charge in [0.2, 0.25) is 10.0 Å². The zero-order valence-electron chi connectivity index (χ0n) is 23.1. The van der Waals surface area contributed by atoms with Gasteiger partial charge >= 0.3 is 5.97 Å². The zero-order chi connectivity index (χ0) is 27.7. The third kappa shape index (κ3) is 3.84. The second-order valence-corrected chi connectivity index (χ2v) is 14.1. The molecule has 2 aliphatic carbocycles. The number of phenolic OH excluding ortho intramolecular Hbond substituents is 1. The number of nitrogens with zero attached hydrogens (tertiary/aromatic N) is 2. The minimum atomic E-state index is -3.73. The van der Waals surface area contributed by atoms with Gasteiger partial charge in [-0.15, -0.1) is 0 Å². The fourth-order valence-electron chi connectivity index (χ4n) is 8.14. The molecule has 6 rings (SSSR count). The molecule has 2 bridgehead atoms. The smallest absolute Gasteiger partial charge is 0.303 e. The van der Waals surface area contributed by atoms with Gasteiger partial charge < -0.3 is 14.6 Å². The molecule has 2 unspecified atom stereocenters. The first kappa shape index (κ1) is 26.6. The summed E-state index contributed by atoms with van der Waals surface area (Å²) in [6, 6.07) is 12.4. The minimum absolute atomic E-state index is 0.0490. The molecule has 9 heteroatoms. The van der Waals surface area contributed by atoms with E-state index in [2.05, 4.69) is 11.9 Å². The van der Waals surface area contributed by atoms with Crippen LogP contribution in [0.3, 0.4) is 0 Å². The first-order chi connectivity index (χ1) is 18.5. The number of piperidine rings is 1. The lowest BCUT2D eigenvalue weighted by atomic mass is 9.48. The number of phenols is 1. The summed E-state index contributed by atoms with van der Waals surface area (Å²) in [5, 5.41) is 11.0. The number of sulfonamides is 1. The van der Waals surface area contributed by atoms with Crippen LogP contribution in [0.15, 0.2) is 42.5 Å². The highest BCUT2D eigenvalue weighted by Crippen LogP contribution is 2.67. The van der Waals surface area contributed by atoms with Crippen molar-refractivity contribution in [3.05, 3.63) is 59.2 Å². The van der Waals surface area contributed by atoms with E-state index in [0.717, 1.165) is 23.2 Å². The lowest BCUT2D eigenvalue weighted by Gasteiger charge is -2.65. The second-order valence-electron chi connectivity index (χ2n) is 12.2. The van der Waals surface area contributed by atoms with Crippen molar-refractivity contribution in [3.63, 3.8) is 0 Å². The molecule has 1 spiro atoms. The molecule has 2 heterocycles. The molecule has 0 amide bonds. The first-order valence-electron chi connectivity index (χ1n) is 14.0. The van der Waals surface area contributed by atoms with E-state index in [4.69, 9.17) is 9.47 Å². The highest BCUT2D eigenvalue weighted by atomic mass is 32.2. The van der Waals surface area contributed by atoms with Crippen LogP contribution < -0.4 is 4.74 Å². The number of hydrogen-bond donors (Lipinski definition) is 1. The molecule has 1 saturated carbocycles. The van der Waals surface area contributed by atoms with E-state index in [0.29, 0.717) is 38.0 Å². The second kappa shape index (κ2) is 9.21. The van der Waals surface area contributed by atoms with E-state index in [1.54, 1.807) is 10.4 Å². The molecular weight excluding hydrogens is 516 g/mol. The molecule has 4 aliphatic rings. The standard InChI is InChI=1S/C30H38N2O6S/c1-19(2)17-32(39(35,36)18-21-8-6-5-7-9-21)23-12-13-30(38-20(3)33)25-16-22-10-11-24(34)27-26(22)29(30,28(23)37-27)14-15-31(25)4/h5-11,19,23,25,28,34H,12-18H2,1-4H3/t23?,25-,28?,29+,30-/m1/s1. The summed E-state index contributed by atoms with van der Waals surface area (Å²) in [7, 11) is -1.66. The first-order valence-corrected chi connectivity index (χ1v) is 15.6. The van der Waals surface area contributed by atoms with Gasteiger partial charge in [-0.2, -0.15) is 4.31 Å². The molecule has 2 aliphatic heterocycles. The molecule has 210 valence electrons. The fraction of sp³-hybridized carbons (Fsp3) is 0.567. The molecule has 2 aromatic rings. The van der Waals surface area contributed by atoms with E-state index >= 15 is 0 Å². The molecule has 8 nitrogen and oxygen atoms in total. The van der Waals surface area contributed by atoms with Crippen LogP contribution in [0.1, 0.15) is 56.7 Å². The number of likely N-dealkylation sites (N-methyl/N-ethyl adjacent to an activating group) is 1. The van der Waals surface area contributed by atoms with Gasteiger partial charge in [0.1, 0.15) is 11.7 Å². The Morgan fingerprint density at radius 2 is 1.95 bits per heavy atom. The minimum Gasteiger partial charge on any atom is -0.504 e. The highest BCUT2D eigenvalue weighted by Gasteiger charge is 2.75. The van der Waals surface area contributed by atoms with Crippen LogP contribution in [-0.2, 0) is 37.1 Å². The summed E-state index contributed by atoms with van der Waals surface area (Å²) in [4.78, 5) is 15.0. The SMILES string of the molecule is CC(=O)O[C@@]12CCC(N(CC(C)C)S(=O)(=O)Cc3ccccc3)C3Oc4c(O)ccc5c4[C@@]31CCN(C)[C@@H]2C5.